The quantitative estimate of drug-likeness (QED) is 0.779. The molecular formula is C10H15N3O2S. The Morgan fingerprint density at radius 2 is 2.19 bits per heavy atom. The van der Waals surface area contributed by atoms with E-state index in [4.69, 9.17) is 0 Å². The van der Waals surface area contributed by atoms with Gasteiger partial charge in [0, 0.05) is 26.8 Å². The van der Waals surface area contributed by atoms with E-state index in [9.17, 15) is 8.42 Å². The van der Waals surface area contributed by atoms with Crippen molar-refractivity contribution in [3.63, 3.8) is 0 Å². The molecule has 0 aromatic carbocycles. The molecule has 0 unspecified atom stereocenters. The summed E-state index contributed by atoms with van der Waals surface area (Å²) < 4.78 is 24.6. The van der Waals surface area contributed by atoms with Crippen molar-refractivity contribution >= 4 is 15.8 Å². The van der Waals surface area contributed by atoms with Crippen LogP contribution >= 0.6 is 0 Å². The molecule has 6 heteroatoms. The molecule has 1 N–H and O–H groups in total. The predicted molar refractivity (Wildman–Crippen MR) is 63.8 cm³/mol. The highest BCUT2D eigenvalue weighted by atomic mass is 32.2. The fourth-order valence-corrected chi connectivity index (χ4v) is 1.87. The van der Waals surface area contributed by atoms with E-state index >= 15 is 0 Å². The molecule has 0 amide bonds. The van der Waals surface area contributed by atoms with Crippen molar-refractivity contribution in [1.29, 1.82) is 0 Å². The zero-order chi connectivity index (χ0) is 12.2. The fraction of sp³-hybridized carbons (Fsp3) is 0.300. The molecule has 1 aromatic heterocycles. The third-order valence-corrected chi connectivity index (χ3v) is 3.74. The van der Waals surface area contributed by atoms with Crippen LogP contribution in [0.1, 0.15) is 0 Å². The maximum Gasteiger partial charge on any atom is 0.244 e. The maximum atomic E-state index is 11.7. The Labute approximate surface area is 95.9 Å². The van der Waals surface area contributed by atoms with Gasteiger partial charge in [0.1, 0.15) is 10.7 Å². The summed E-state index contributed by atoms with van der Waals surface area (Å²) in [4.78, 5) is 4.18. The van der Waals surface area contributed by atoms with Gasteiger partial charge in [-0.15, -0.1) is 6.58 Å². The number of nitrogens with zero attached hydrogens (tertiary/aromatic N) is 2. The first-order valence-electron chi connectivity index (χ1n) is 4.72. The van der Waals surface area contributed by atoms with Gasteiger partial charge in [-0.2, -0.15) is 0 Å². The van der Waals surface area contributed by atoms with E-state index < -0.39 is 10.0 Å². The van der Waals surface area contributed by atoms with Crippen molar-refractivity contribution in [2.75, 3.05) is 26.0 Å². The molecule has 0 aliphatic rings. The Morgan fingerprint density at radius 3 is 2.62 bits per heavy atom. The third kappa shape index (κ3) is 2.80. The van der Waals surface area contributed by atoms with E-state index in [1.165, 1.54) is 26.4 Å². The summed E-state index contributed by atoms with van der Waals surface area (Å²) in [6, 6.07) is 3.15. The first-order valence-corrected chi connectivity index (χ1v) is 6.16. The summed E-state index contributed by atoms with van der Waals surface area (Å²) >= 11 is 0. The maximum absolute atomic E-state index is 11.7. The molecule has 1 aromatic rings. The van der Waals surface area contributed by atoms with Crippen LogP contribution in [0.25, 0.3) is 0 Å². The topological polar surface area (TPSA) is 62.3 Å². The van der Waals surface area contributed by atoms with Gasteiger partial charge in [-0.05, 0) is 12.1 Å². The van der Waals surface area contributed by atoms with E-state index in [0.717, 1.165) is 4.31 Å². The lowest BCUT2D eigenvalue weighted by atomic mass is 10.4. The largest absolute Gasteiger partial charge is 0.367 e. The molecule has 0 aliphatic heterocycles. The van der Waals surface area contributed by atoms with Crippen LogP contribution in [0.15, 0.2) is 35.9 Å². The molecule has 1 heterocycles. The lowest BCUT2D eigenvalue weighted by molar-refractivity contribution is 0.520. The molecule has 1 rings (SSSR count). The number of rotatable bonds is 5. The second-order valence-corrected chi connectivity index (χ2v) is 5.49. The number of anilines is 1. The monoisotopic (exact) mass is 241 g/mol. The zero-order valence-electron chi connectivity index (χ0n) is 9.34. The van der Waals surface area contributed by atoms with E-state index in [1.54, 1.807) is 12.1 Å². The van der Waals surface area contributed by atoms with Crippen molar-refractivity contribution < 1.29 is 8.42 Å². The smallest absolute Gasteiger partial charge is 0.244 e. The lowest BCUT2D eigenvalue weighted by Crippen LogP contribution is -2.22. The summed E-state index contributed by atoms with van der Waals surface area (Å²) in [7, 11) is -0.421. The molecule has 88 valence electrons. The van der Waals surface area contributed by atoms with Crippen molar-refractivity contribution in [1.82, 2.24) is 9.29 Å². The Morgan fingerprint density at radius 1 is 1.50 bits per heavy atom. The van der Waals surface area contributed by atoms with Crippen LogP contribution in [0, 0.1) is 0 Å². The van der Waals surface area contributed by atoms with Crippen LogP contribution < -0.4 is 5.32 Å². The van der Waals surface area contributed by atoms with Gasteiger partial charge in [0.2, 0.25) is 10.0 Å². The molecule has 0 saturated heterocycles. The highest BCUT2D eigenvalue weighted by molar-refractivity contribution is 7.89. The summed E-state index contributed by atoms with van der Waals surface area (Å²) in [6.07, 6.45) is 3.03. The minimum atomic E-state index is -3.39. The number of pyridine rings is 1. The standard InChI is InChI=1S/C10H15N3O2S/c1-4-7-11-10-6-5-9(8-12-10)16(14,15)13(2)3/h4-6,8H,1,7H2,2-3H3,(H,11,12). The van der Waals surface area contributed by atoms with Crippen molar-refractivity contribution in [3.8, 4) is 0 Å². The second kappa shape index (κ2) is 5.09. The van der Waals surface area contributed by atoms with Crippen LogP contribution in [0.2, 0.25) is 0 Å². The lowest BCUT2D eigenvalue weighted by Gasteiger charge is -2.11. The Bertz CT molecular complexity index is 451. The average molecular weight is 241 g/mol. The Hall–Kier alpha value is -1.40. The van der Waals surface area contributed by atoms with Crippen LogP contribution in [-0.2, 0) is 10.0 Å². The SMILES string of the molecule is C=CCNc1ccc(S(=O)(=O)N(C)C)cn1. The van der Waals surface area contributed by atoms with E-state index in [-0.39, 0.29) is 4.90 Å². The zero-order valence-corrected chi connectivity index (χ0v) is 10.2. The average Bonchev–Trinajstić information content (AvgIpc) is 2.26. The summed E-state index contributed by atoms with van der Waals surface area (Å²) in [5.74, 6) is 0.623. The summed E-state index contributed by atoms with van der Waals surface area (Å²) in [5.41, 5.74) is 0. The minimum absolute atomic E-state index is 0.182. The molecule has 0 atom stereocenters. The van der Waals surface area contributed by atoms with Gasteiger partial charge in [0.05, 0.1) is 0 Å². The van der Waals surface area contributed by atoms with Gasteiger partial charge < -0.3 is 5.32 Å². The van der Waals surface area contributed by atoms with Crippen LogP contribution in [-0.4, -0.2) is 38.3 Å². The molecule has 0 spiro atoms. The normalized spacial score (nSPS) is 11.4. The highest BCUT2D eigenvalue weighted by Crippen LogP contribution is 2.13. The summed E-state index contributed by atoms with van der Waals surface area (Å²) in [6.45, 7) is 4.15. The first-order chi connectivity index (χ1) is 7.48. The molecule has 16 heavy (non-hydrogen) atoms. The number of hydrogen-bond acceptors (Lipinski definition) is 4. The molecule has 0 saturated carbocycles. The fourth-order valence-electron chi connectivity index (χ4n) is 1.03. The number of aromatic nitrogens is 1. The van der Waals surface area contributed by atoms with E-state index in [0.29, 0.717) is 12.4 Å². The third-order valence-electron chi connectivity index (χ3n) is 1.94. The predicted octanol–water partition coefficient (Wildman–Crippen LogP) is 0.930. The van der Waals surface area contributed by atoms with Crippen LogP contribution in [0.3, 0.4) is 0 Å². The Balaban J connectivity index is 2.91. The van der Waals surface area contributed by atoms with Gasteiger partial charge in [-0.1, -0.05) is 6.08 Å². The molecular weight excluding hydrogens is 226 g/mol. The number of sulfonamides is 1. The van der Waals surface area contributed by atoms with Crippen LogP contribution in [0.5, 0.6) is 0 Å². The van der Waals surface area contributed by atoms with Gasteiger partial charge >= 0.3 is 0 Å². The minimum Gasteiger partial charge on any atom is -0.367 e. The molecule has 0 bridgehead atoms. The van der Waals surface area contributed by atoms with Gasteiger partial charge in [0.25, 0.3) is 0 Å². The van der Waals surface area contributed by atoms with Gasteiger partial charge in [-0.25, -0.2) is 17.7 Å². The van der Waals surface area contributed by atoms with Crippen molar-refractivity contribution in [2.45, 2.75) is 4.90 Å². The van der Waals surface area contributed by atoms with Crippen molar-refractivity contribution in [3.05, 3.63) is 31.0 Å². The highest BCUT2D eigenvalue weighted by Gasteiger charge is 2.16. The molecule has 5 nitrogen and oxygen atoms in total. The first kappa shape index (κ1) is 12.7. The second-order valence-electron chi connectivity index (χ2n) is 3.34. The molecule has 0 aliphatic carbocycles. The van der Waals surface area contributed by atoms with E-state index in [1.807, 2.05) is 0 Å². The molecule has 0 fully saturated rings. The summed E-state index contributed by atoms with van der Waals surface area (Å²) in [5, 5.41) is 2.96. The number of hydrogen-bond donors (Lipinski definition) is 1. The van der Waals surface area contributed by atoms with Crippen LogP contribution in [0.4, 0.5) is 5.82 Å². The van der Waals surface area contributed by atoms with Gasteiger partial charge in [0.15, 0.2) is 0 Å². The molecule has 0 radical (unpaired) electrons. The van der Waals surface area contributed by atoms with Crippen molar-refractivity contribution in [2.24, 2.45) is 0 Å². The van der Waals surface area contributed by atoms with Gasteiger partial charge in [-0.3, -0.25) is 0 Å². The number of nitrogens with one attached hydrogen (secondary N) is 1. The van der Waals surface area contributed by atoms with E-state index in [2.05, 4.69) is 16.9 Å². The Kier molecular flexibility index (Phi) is 4.03.